The fourth-order valence-corrected chi connectivity index (χ4v) is 2.58. The number of pyridine rings is 1. The van der Waals surface area contributed by atoms with Crippen LogP contribution in [0, 0.1) is 0 Å². The van der Waals surface area contributed by atoms with Crippen molar-refractivity contribution in [1.29, 1.82) is 0 Å². The molecule has 0 unspecified atom stereocenters. The Balaban J connectivity index is 1.76. The van der Waals surface area contributed by atoms with Gasteiger partial charge < -0.3 is 10.2 Å². The molecule has 0 spiro atoms. The van der Waals surface area contributed by atoms with Crippen LogP contribution in [-0.2, 0) is 0 Å². The quantitative estimate of drug-likeness (QED) is 0.925. The fourth-order valence-electron chi connectivity index (χ4n) is 2.15. The summed E-state index contributed by atoms with van der Waals surface area (Å²) in [5, 5.41) is 2.91. The van der Waals surface area contributed by atoms with Crippen LogP contribution >= 0.6 is 15.9 Å². The largest absolute Gasteiger partial charge is 0.349 e. The van der Waals surface area contributed by atoms with Gasteiger partial charge in [0.1, 0.15) is 5.69 Å². The maximum Gasteiger partial charge on any atom is 0.271 e. The Kier molecular flexibility index (Phi) is 5.13. The molecule has 1 saturated heterocycles. The van der Waals surface area contributed by atoms with Gasteiger partial charge in [-0.05, 0) is 54.0 Å². The van der Waals surface area contributed by atoms with Crippen LogP contribution < -0.4 is 5.32 Å². The first kappa shape index (κ1) is 13.5. The van der Waals surface area contributed by atoms with Crippen molar-refractivity contribution < 1.29 is 4.79 Å². The van der Waals surface area contributed by atoms with Crippen LogP contribution in [0.15, 0.2) is 22.8 Å². The first-order valence-corrected chi connectivity index (χ1v) is 7.18. The number of nitrogens with zero attached hydrogens (tertiary/aromatic N) is 2. The number of nitrogens with one attached hydrogen (secondary N) is 1. The monoisotopic (exact) mass is 311 g/mol. The third kappa shape index (κ3) is 3.78. The highest BCUT2D eigenvalue weighted by Gasteiger charge is 2.12. The number of hydrogen-bond donors (Lipinski definition) is 1. The number of hydrogen-bond acceptors (Lipinski definition) is 3. The summed E-state index contributed by atoms with van der Waals surface area (Å²) < 4.78 is 0.737. The summed E-state index contributed by atoms with van der Waals surface area (Å²) in [4.78, 5) is 18.4. The second-order valence-corrected chi connectivity index (χ2v) is 5.35. The molecule has 0 saturated carbocycles. The molecule has 1 fully saturated rings. The number of carbonyl (C=O) groups excluding carboxylic acids is 1. The molecule has 1 aromatic rings. The molecule has 5 heteroatoms. The molecule has 98 valence electrons. The lowest BCUT2D eigenvalue weighted by Crippen LogP contribution is -2.37. The van der Waals surface area contributed by atoms with E-state index in [9.17, 15) is 4.79 Å². The normalized spacial score (nSPS) is 16.5. The summed E-state index contributed by atoms with van der Waals surface area (Å²) in [7, 11) is 0. The van der Waals surface area contributed by atoms with Gasteiger partial charge in [0.15, 0.2) is 0 Å². The highest BCUT2D eigenvalue weighted by atomic mass is 79.9. The molecule has 4 nitrogen and oxygen atoms in total. The molecule has 2 heterocycles. The Morgan fingerprint density at radius 1 is 1.39 bits per heavy atom. The predicted octanol–water partition coefficient (Wildman–Crippen LogP) is 2.06. The minimum absolute atomic E-state index is 0.112. The van der Waals surface area contributed by atoms with Crippen LogP contribution in [-0.4, -0.2) is 42.0 Å². The van der Waals surface area contributed by atoms with Crippen molar-refractivity contribution >= 4 is 21.8 Å². The van der Waals surface area contributed by atoms with Gasteiger partial charge in [-0.3, -0.25) is 4.79 Å². The second-order valence-electron chi connectivity index (χ2n) is 4.49. The van der Waals surface area contributed by atoms with E-state index in [1.807, 2.05) is 6.07 Å². The van der Waals surface area contributed by atoms with Gasteiger partial charge >= 0.3 is 0 Å². The van der Waals surface area contributed by atoms with E-state index >= 15 is 0 Å². The predicted molar refractivity (Wildman–Crippen MR) is 74.6 cm³/mol. The van der Waals surface area contributed by atoms with Crippen molar-refractivity contribution in [3.63, 3.8) is 0 Å². The zero-order valence-electron chi connectivity index (χ0n) is 10.4. The first-order valence-electron chi connectivity index (χ1n) is 6.38. The minimum Gasteiger partial charge on any atom is -0.349 e. The molecule has 2 rings (SSSR count). The van der Waals surface area contributed by atoms with Crippen LogP contribution in [0.4, 0.5) is 0 Å². The van der Waals surface area contributed by atoms with Gasteiger partial charge in [-0.25, -0.2) is 4.98 Å². The standard InChI is InChI=1S/C13H18BrN3O/c14-11-5-4-6-15-12(11)13(18)16-7-10-17-8-2-1-3-9-17/h4-6H,1-3,7-10H2,(H,16,18). The fraction of sp³-hybridized carbons (Fsp3) is 0.538. The zero-order chi connectivity index (χ0) is 12.8. The maximum atomic E-state index is 11.9. The topological polar surface area (TPSA) is 45.2 Å². The van der Waals surface area contributed by atoms with Gasteiger partial charge in [-0.15, -0.1) is 0 Å². The molecule has 0 atom stereocenters. The molecule has 1 aliphatic rings. The van der Waals surface area contributed by atoms with Gasteiger partial charge in [0.2, 0.25) is 0 Å². The summed E-state index contributed by atoms with van der Waals surface area (Å²) in [5.74, 6) is -0.112. The van der Waals surface area contributed by atoms with Crippen LogP contribution in [0.25, 0.3) is 0 Å². The maximum absolute atomic E-state index is 11.9. The van der Waals surface area contributed by atoms with Crippen molar-refractivity contribution in [3.8, 4) is 0 Å². The summed E-state index contributed by atoms with van der Waals surface area (Å²) >= 11 is 3.33. The van der Waals surface area contributed by atoms with Crippen molar-refractivity contribution in [1.82, 2.24) is 15.2 Å². The van der Waals surface area contributed by atoms with Crippen molar-refractivity contribution in [2.75, 3.05) is 26.2 Å². The Morgan fingerprint density at radius 2 is 2.17 bits per heavy atom. The van der Waals surface area contributed by atoms with E-state index in [0.717, 1.165) is 24.1 Å². The van der Waals surface area contributed by atoms with Crippen molar-refractivity contribution in [2.24, 2.45) is 0 Å². The summed E-state index contributed by atoms with van der Waals surface area (Å²) in [6.45, 7) is 3.92. The van der Waals surface area contributed by atoms with E-state index in [1.165, 1.54) is 19.3 Å². The van der Waals surface area contributed by atoms with E-state index < -0.39 is 0 Å². The number of halogens is 1. The van der Waals surface area contributed by atoms with Gasteiger partial charge in [-0.1, -0.05) is 6.42 Å². The highest BCUT2D eigenvalue weighted by molar-refractivity contribution is 9.10. The number of rotatable bonds is 4. The second kappa shape index (κ2) is 6.85. The van der Waals surface area contributed by atoms with E-state index in [1.54, 1.807) is 12.3 Å². The average molecular weight is 312 g/mol. The zero-order valence-corrected chi connectivity index (χ0v) is 11.9. The number of piperidine rings is 1. The third-order valence-corrected chi connectivity index (χ3v) is 3.78. The number of amides is 1. The van der Waals surface area contributed by atoms with Crippen LogP contribution in [0.2, 0.25) is 0 Å². The summed E-state index contributed by atoms with van der Waals surface area (Å²) in [6.07, 6.45) is 5.52. The molecule has 0 aliphatic carbocycles. The highest BCUT2D eigenvalue weighted by Crippen LogP contribution is 2.12. The number of likely N-dealkylation sites (tertiary alicyclic amines) is 1. The Bertz CT molecular complexity index is 405. The Labute approximate surface area is 116 Å². The van der Waals surface area contributed by atoms with Crippen LogP contribution in [0.5, 0.6) is 0 Å². The van der Waals surface area contributed by atoms with Crippen LogP contribution in [0.3, 0.4) is 0 Å². The first-order chi connectivity index (χ1) is 8.77. The summed E-state index contributed by atoms with van der Waals surface area (Å²) in [5.41, 5.74) is 0.455. The van der Waals surface area contributed by atoms with E-state index in [2.05, 4.69) is 31.1 Å². The molecule has 1 amide bonds. The Hall–Kier alpha value is -0.940. The minimum atomic E-state index is -0.112. The van der Waals surface area contributed by atoms with Crippen molar-refractivity contribution in [2.45, 2.75) is 19.3 Å². The molecular weight excluding hydrogens is 294 g/mol. The van der Waals surface area contributed by atoms with Gasteiger partial charge in [0, 0.05) is 23.8 Å². The van der Waals surface area contributed by atoms with E-state index in [0.29, 0.717) is 12.2 Å². The molecule has 0 aromatic carbocycles. The SMILES string of the molecule is O=C(NCCN1CCCCC1)c1ncccc1Br. The van der Waals surface area contributed by atoms with Gasteiger partial charge in [0.25, 0.3) is 5.91 Å². The lowest BCUT2D eigenvalue weighted by atomic mass is 10.1. The third-order valence-electron chi connectivity index (χ3n) is 3.14. The molecule has 18 heavy (non-hydrogen) atoms. The average Bonchev–Trinajstić information content (AvgIpc) is 2.40. The number of carbonyl (C=O) groups is 1. The smallest absolute Gasteiger partial charge is 0.271 e. The van der Waals surface area contributed by atoms with E-state index in [4.69, 9.17) is 0 Å². The lowest BCUT2D eigenvalue weighted by Gasteiger charge is -2.26. The summed E-state index contributed by atoms with van der Waals surface area (Å²) in [6, 6.07) is 3.63. The van der Waals surface area contributed by atoms with Gasteiger partial charge in [0.05, 0.1) is 0 Å². The number of aromatic nitrogens is 1. The van der Waals surface area contributed by atoms with Gasteiger partial charge in [-0.2, -0.15) is 0 Å². The van der Waals surface area contributed by atoms with E-state index in [-0.39, 0.29) is 5.91 Å². The molecule has 1 aliphatic heterocycles. The molecule has 1 aromatic heterocycles. The lowest BCUT2D eigenvalue weighted by molar-refractivity contribution is 0.0941. The molecular formula is C13H18BrN3O. The van der Waals surface area contributed by atoms with Crippen LogP contribution in [0.1, 0.15) is 29.8 Å². The molecule has 1 N–H and O–H groups in total. The van der Waals surface area contributed by atoms with Crippen molar-refractivity contribution in [3.05, 3.63) is 28.5 Å². The molecule has 0 bridgehead atoms. The molecule has 0 radical (unpaired) electrons. The Morgan fingerprint density at radius 3 is 2.89 bits per heavy atom.